The van der Waals surface area contributed by atoms with E-state index in [9.17, 15) is 9.59 Å². The van der Waals surface area contributed by atoms with Crippen molar-refractivity contribution in [3.05, 3.63) is 11.6 Å². The first-order valence-electron chi connectivity index (χ1n) is 12.8. The fourth-order valence-corrected chi connectivity index (χ4v) is 9.47. The fraction of sp³-hybridized carbons (Fsp3) is 0.852. The summed E-state index contributed by atoms with van der Waals surface area (Å²) in [5.74, 6) is 1.79. The van der Waals surface area contributed by atoms with Crippen molar-refractivity contribution in [2.75, 3.05) is 0 Å². The summed E-state index contributed by atoms with van der Waals surface area (Å²) in [6.45, 7) is 23.1. The molecule has 3 saturated carbocycles. The Morgan fingerprint density at radius 1 is 1.09 bits per heavy atom. The summed E-state index contributed by atoms with van der Waals surface area (Å²) in [5.41, 5.74) is -0.0152. The topological polar surface area (TPSA) is 61.8 Å². The number of hydrogen-bond acceptors (Lipinski definition) is 5. The molecule has 0 aromatic heterocycles. The Morgan fingerprint density at radius 3 is 2.33 bits per heavy atom. The number of allylic oxidation sites excluding steroid dienone is 1. The highest BCUT2D eigenvalue weighted by molar-refractivity contribution is 6.74. The zero-order valence-electron chi connectivity index (χ0n) is 22.1. The summed E-state index contributed by atoms with van der Waals surface area (Å²) in [6.07, 6.45) is 1.96. The van der Waals surface area contributed by atoms with E-state index >= 15 is 0 Å². The molecule has 0 unspecified atom stereocenters. The highest BCUT2D eigenvalue weighted by Crippen LogP contribution is 2.77. The van der Waals surface area contributed by atoms with Crippen molar-refractivity contribution in [3.63, 3.8) is 0 Å². The highest BCUT2D eigenvalue weighted by Gasteiger charge is 2.77. The second kappa shape index (κ2) is 6.54. The maximum absolute atomic E-state index is 12.9. The summed E-state index contributed by atoms with van der Waals surface area (Å²) >= 11 is 0. The van der Waals surface area contributed by atoms with Crippen LogP contribution in [0.3, 0.4) is 0 Å². The molecule has 0 bridgehead atoms. The molecule has 5 rings (SSSR count). The van der Waals surface area contributed by atoms with Crippen LogP contribution in [0.4, 0.5) is 4.79 Å². The predicted octanol–water partition coefficient (Wildman–Crippen LogP) is 6.13. The van der Waals surface area contributed by atoms with Gasteiger partial charge in [0.2, 0.25) is 0 Å². The minimum Gasteiger partial charge on any atom is -0.426 e. The lowest BCUT2D eigenvalue weighted by Gasteiger charge is -2.52. The maximum Gasteiger partial charge on any atom is 0.509 e. The lowest BCUT2D eigenvalue weighted by molar-refractivity contribution is -0.117. The lowest BCUT2D eigenvalue weighted by Crippen LogP contribution is -2.54. The zero-order chi connectivity index (χ0) is 24.5. The van der Waals surface area contributed by atoms with Crippen LogP contribution in [0, 0.1) is 40.4 Å². The van der Waals surface area contributed by atoms with Gasteiger partial charge >= 0.3 is 6.16 Å². The number of ether oxygens (including phenoxy) is 2. The molecular weight excluding hydrogens is 432 g/mol. The Kier molecular flexibility index (Phi) is 4.67. The van der Waals surface area contributed by atoms with E-state index in [4.69, 9.17) is 13.9 Å². The number of carbonyl (C=O) groups excluding carboxylic acids is 2. The van der Waals surface area contributed by atoms with Gasteiger partial charge in [0.05, 0.1) is 12.5 Å². The standard InChI is InChI=1S/C27H42O5Si/c1-14-11-17-19(25(17,6)7)20-21(32-33(9,10)24(3,4)5)15(2)22-27(31-23(29)30-22)13-16(28)12-18(27)26(14,20)8/h12,14-15,17,19-22H,11,13H2,1-10H3/t14-,15+,17-,19-,20-,21-,22-,26-,27+/m1/s1. The molecule has 184 valence electrons. The maximum atomic E-state index is 12.9. The van der Waals surface area contributed by atoms with E-state index in [1.165, 1.54) is 0 Å². The third-order valence-electron chi connectivity index (χ3n) is 11.2. The van der Waals surface area contributed by atoms with Crippen LogP contribution in [0.5, 0.6) is 0 Å². The highest BCUT2D eigenvalue weighted by atomic mass is 28.4. The summed E-state index contributed by atoms with van der Waals surface area (Å²) in [4.78, 5) is 25.5. The van der Waals surface area contributed by atoms with Gasteiger partial charge in [-0.1, -0.05) is 55.4 Å². The minimum atomic E-state index is -2.13. The van der Waals surface area contributed by atoms with E-state index < -0.39 is 26.2 Å². The molecule has 0 amide bonds. The monoisotopic (exact) mass is 474 g/mol. The molecule has 1 aliphatic heterocycles. The minimum absolute atomic E-state index is 0.0496. The average Bonchev–Trinajstić information content (AvgIpc) is 2.96. The SMILES string of the molecule is C[C@H]1[C@@H](O[Si](C)(C)C(C)(C)C)[C@H]2[C@H]3[C@@H](C[C@@H](C)[C@]2(C)C2=CC(=O)C[C@]24OC(=O)O[C@H]14)C3(C)C. The van der Waals surface area contributed by atoms with Crippen LogP contribution >= 0.6 is 0 Å². The Balaban J connectivity index is 1.73. The van der Waals surface area contributed by atoms with Gasteiger partial charge in [0.25, 0.3) is 0 Å². The number of hydrogen-bond donors (Lipinski definition) is 0. The number of carbonyl (C=O) groups is 2. The van der Waals surface area contributed by atoms with Crippen molar-refractivity contribution in [3.8, 4) is 0 Å². The first-order chi connectivity index (χ1) is 15.0. The van der Waals surface area contributed by atoms with Crippen LogP contribution in [0.2, 0.25) is 18.1 Å². The molecule has 4 fully saturated rings. The van der Waals surface area contributed by atoms with Gasteiger partial charge in [-0.25, -0.2) is 4.79 Å². The molecule has 0 N–H and O–H groups in total. The smallest absolute Gasteiger partial charge is 0.426 e. The van der Waals surface area contributed by atoms with Crippen molar-refractivity contribution < 1.29 is 23.5 Å². The summed E-state index contributed by atoms with van der Waals surface area (Å²) in [6, 6.07) is 0. The molecule has 1 spiro atoms. The normalized spacial score (nSPS) is 47.9. The molecule has 6 heteroatoms. The molecule has 33 heavy (non-hydrogen) atoms. The molecule has 1 heterocycles. The molecule has 0 aromatic carbocycles. The predicted molar refractivity (Wildman–Crippen MR) is 129 cm³/mol. The quantitative estimate of drug-likeness (QED) is 0.356. The molecule has 5 aliphatic rings. The largest absolute Gasteiger partial charge is 0.509 e. The Bertz CT molecular complexity index is 945. The van der Waals surface area contributed by atoms with E-state index in [0.29, 0.717) is 17.8 Å². The van der Waals surface area contributed by atoms with Gasteiger partial charge in [0.1, 0.15) is 0 Å². The van der Waals surface area contributed by atoms with E-state index in [1.807, 2.05) is 6.08 Å². The first kappa shape index (κ1) is 23.6. The number of fused-ring (bicyclic) bond motifs is 4. The Hall–Kier alpha value is -1.14. The lowest BCUT2D eigenvalue weighted by atomic mass is 9.55. The second-order valence-electron chi connectivity index (χ2n) is 14.1. The van der Waals surface area contributed by atoms with Crippen molar-refractivity contribution in [1.29, 1.82) is 0 Å². The zero-order valence-corrected chi connectivity index (χ0v) is 23.1. The van der Waals surface area contributed by atoms with Gasteiger partial charge in [-0.3, -0.25) is 4.79 Å². The summed E-state index contributed by atoms with van der Waals surface area (Å²) < 4.78 is 19.2. The van der Waals surface area contributed by atoms with Gasteiger partial charge in [-0.05, 0) is 65.3 Å². The van der Waals surface area contributed by atoms with E-state index in [-0.39, 0.29) is 46.0 Å². The number of ketones is 1. The van der Waals surface area contributed by atoms with Crippen LogP contribution in [0.25, 0.3) is 0 Å². The van der Waals surface area contributed by atoms with Gasteiger partial charge in [-0.2, -0.15) is 0 Å². The van der Waals surface area contributed by atoms with Crippen LogP contribution in [0.1, 0.15) is 68.2 Å². The fourth-order valence-electron chi connectivity index (χ4n) is 8.07. The van der Waals surface area contributed by atoms with Gasteiger partial charge in [-0.15, -0.1) is 0 Å². The van der Waals surface area contributed by atoms with Gasteiger partial charge in [0.15, 0.2) is 25.8 Å². The Morgan fingerprint density at radius 2 is 1.73 bits per heavy atom. The van der Waals surface area contributed by atoms with Crippen molar-refractivity contribution >= 4 is 20.3 Å². The molecule has 9 atom stereocenters. The van der Waals surface area contributed by atoms with Crippen LogP contribution in [-0.4, -0.2) is 38.1 Å². The van der Waals surface area contributed by atoms with E-state index in [2.05, 4.69) is 68.5 Å². The molecule has 5 nitrogen and oxygen atoms in total. The Labute approximate surface area is 200 Å². The number of rotatable bonds is 2. The summed E-state index contributed by atoms with van der Waals surface area (Å²) in [7, 11) is -2.13. The third-order valence-corrected chi connectivity index (χ3v) is 15.6. The van der Waals surface area contributed by atoms with E-state index in [0.717, 1.165) is 12.0 Å². The van der Waals surface area contributed by atoms with E-state index in [1.54, 1.807) is 0 Å². The van der Waals surface area contributed by atoms with Gasteiger partial charge in [0, 0.05) is 11.3 Å². The van der Waals surface area contributed by atoms with Crippen molar-refractivity contribution in [2.24, 2.45) is 40.4 Å². The molecule has 0 aromatic rings. The van der Waals surface area contributed by atoms with Crippen molar-refractivity contribution in [2.45, 2.75) is 104 Å². The molecule has 0 radical (unpaired) electrons. The molecule has 1 saturated heterocycles. The average molecular weight is 475 g/mol. The third kappa shape index (κ3) is 2.86. The van der Waals surface area contributed by atoms with Gasteiger partial charge < -0.3 is 13.9 Å². The first-order valence-corrected chi connectivity index (χ1v) is 15.7. The molecule has 4 aliphatic carbocycles. The molecular formula is C27H42O5Si. The van der Waals surface area contributed by atoms with Crippen molar-refractivity contribution in [1.82, 2.24) is 0 Å². The second-order valence-corrected chi connectivity index (χ2v) is 18.8. The van der Waals surface area contributed by atoms with Crippen LogP contribution in [-0.2, 0) is 18.7 Å². The van der Waals surface area contributed by atoms with Crippen LogP contribution in [0.15, 0.2) is 11.6 Å². The van der Waals surface area contributed by atoms with Crippen LogP contribution < -0.4 is 0 Å². The summed E-state index contributed by atoms with van der Waals surface area (Å²) in [5, 5.41) is 0.0693.